The monoisotopic (exact) mass is 356 g/mol. The number of ether oxygens (including phenoxy) is 2. The van der Waals surface area contributed by atoms with Gasteiger partial charge in [0.25, 0.3) is 0 Å². The van der Waals surface area contributed by atoms with Gasteiger partial charge in [0.05, 0.1) is 6.61 Å². The van der Waals surface area contributed by atoms with Gasteiger partial charge in [0.2, 0.25) is 5.91 Å². The fourth-order valence-corrected chi connectivity index (χ4v) is 2.29. The van der Waals surface area contributed by atoms with Crippen LogP contribution in [0.25, 0.3) is 0 Å². The molecule has 1 amide bonds. The van der Waals surface area contributed by atoms with Gasteiger partial charge in [-0.2, -0.15) is 0 Å². The van der Waals surface area contributed by atoms with E-state index >= 15 is 0 Å². The number of nitrogens with one attached hydrogen (secondary N) is 1. The number of carbonyl (C=O) groups excluding carboxylic acids is 2. The summed E-state index contributed by atoms with van der Waals surface area (Å²) in [6.45, 7) is 3.09. The van der Waals surface area contributed by atoms with Crippen molar-refractivity contribution >= 4 is 11.9 Å². The average Bonchev–Trinajstić information content (AvgIpc) is 2.65. The van der Waals surface area contributed by atoms with E-state index in [1.54, 1.807) is 6.07 Å². The molecule has 26 heavy (non-hydrogen) atoms. The maximum atomic E-state index is 11.6. The lowest BCUT2D eigenvalue weighted by Gasteiger charge is -2.14. The van der Waals surface area contributed by atoms with Crippen molar-refractivity contribution in [1.29, 1.82) is 0 Å². The first-order valence-corrected chi connectivity index (χ1v) is 8.47. The van der Waals surface area contributed by atoms with Crippen molar-refractivity contribution in [2.24, 2.45) is 0 Å². The van der Waals surface area contributed by atoms with Crippen LogP contribution in [-0.4, -0.2) is 18.5 Å². The number of benzene rings is 2. The number of aliphatic carboxylic acids is 1. The zero-order valence-electron chi connectivity index (χ0n) is 14.7. The fourth-order valence-electron chi connectivity index (χ4n) is 2.29. The summed E-state index contributed by atoms with van der Waals surface area (Å²) < 4.78 is 11.5. The lowest BCUT2D eigenvalue weighted by atomic mass is 10.2. The Balaban J connectivity index is 1.96. The molecular formula is C20H22NO5-. The summed E-state index contributed by atoms with van der Waals surface area (Å²) >= 11 is 0. The Labute approximate surface area is 152 Å². The molecule has 0 bridgehead atoms. The molecule has 0 atom stereocenters. The van der Waals surface area contributed by atoms with Gasteiger partial charge in [-0.3, -0.25) is 4.79 Å². The quantitative estimate of drug-likeness (QED) is 0.701. The van der Waals surface area contributed by atoms with E-state index in [4.69, 9.17) is 9.47 Å². The summed E-state index contributed by atoms with van der Waals surface area (Å²) in [6, 6.07) is 15.3. The minimum Gasteiger partial charge on any atom is -0.550 e. The van der Waals surface area contributed by atoms with Crippen LogP contribution in [0, 0.1) is 0 Å². The van der Waals surface area contributed by atoms with Gasteiger partial charge >= 0.3 is 0 Å². The highest BCUT2D eigenvalue weighted by molar-refractivity contribution is 5.79. The van der Waals surface area contributed by atoms with Crippen LogP contribution in [0.4, 0.5) is 0 Å². The van der Waals surface area contributed by atoms with Gasteiger partial charge in [-0.1, -0.05) is 36.4 Å². The van der Waals surface area contributed by atoms with Crippen LogP contribution < -0.4 is 19.9 Å². The second-order valence-corrected chi connectivity index (χ2v) is 5.64. The van der Waals surface area contributed by atoms with Crippen molar-refractivity contribution in [3.05, 3.63) is 59.7 Å². The Bertz CT molecular complexity index is 730. The Morgan fingerprint density at radius 1 is 0.962 bits per heavy atom. The standard InChI is InChI=1S/C20H23NO5/c1-2-25-18-12-16(13-21-19(22)10-11-20(23)24)8-9-17(18)26-14-15-6-4-3-5-7-15/h3-9,12H,2,10-11,13-14H2,1H3,(H,21,22)(H,23,24)/p-1. The van der Waals surface area contributed by atoms with Crippen LogP contribution in [0.5, 0.6) is 11.5 Å². The number of hydrogen-bond donors (Lipinski definition) is 1. The highest BCUT2D eigenvalue weighted by Crippen LogP contribution is 2.29. The molecule has 0 spiro atoms. The van der Waals surface area contributed by atoms with Gasteiger partial charge in [-0.05, 0) is 36.6 Å². The Hall–Kier alpha value is -3.02. The second kappa shape index (κ2) is 10.1. The molecule has 6 heteroatoms. The predicted octanol–water partition coefficient (Wildman–Crippen LogP) is 1.81. The fraction of sp³-hybridized carbons (Fsp3) is 0.300. The van der Waals surface area contributed by atoms with Crippen LogP contribution in [0.15, 0.2) is 48.5 Å². The van der Waals surface area contributed by atoms with Gasteiger partial charge in [0.1, 0.15) is 6.61 Å². The summed E-state index contributed by atoms with van der Waals surface area (Å²) in [5.41, 5.74) is 1.89. The third-order valence-electron chi connectivity index (χ3n) is 3.59. The lowest BCUT2D eigenvalue weighted by Crippen LogP contribution is -2.27. The minimum atomic E-state index is -1.24. The molecule has 0 aliphatic rings. The van der Waals surface area contributed by atoms with Crippen molar-refractivity contribution in [2.75, 3.05) is 6.61 Å². The van der Waals surface area contributed by atoms with Gasteiger partial charge < -0.3 is 24.7 Å². The molecule has 0 heterocycles. The first-order chi connectivity index (χ1) is 12.6. The van der Waals surface area contributed by atoms with Gasteiger partial charge in [0, 0.05) is 18.9 Å². The van der Waals surface area contributed by atoms with E-state index in [0.29, 0.717) is 24.7 Å². The molecule has 6 nitrogen and oxygen atoms in total. The number of carboxylic acid groups (broad SMARTS) is 1. The zero-order chi connectivity index (χ0) is 18.8. The molecule has 0 unspecified atom stereocenters. The Morgan fingerprint density at radius 2 is 1.73 bits per heavy atom. The number of hydrogen-bond acceptors (Lipinski definition) is 5. The van der Waals surface area contributed by atoms with E-state index in [2.05, 4.69) is 5.32 Å². The molecular weight excluding hydrogens is 334 g/mol. The molecule has 2 aromatic rings. The number of rotatable bonds is 10. The maximum absolute atomic E-state index is 11.6. The van der Waals surface area contributed by atoms with Crippen molar-refractivity contribution in [2.45, 2.75) is 32.9 Å². The Kier molecular flexibility index (Phi) is 7.49. The van der Waals surface area contributed by atoms with Crippen LogP contribution in [0.3, 0.4) is 0 Å². The van der Waals surface area contributed by atoms with Crippen molar-refractivity contribution in [3.63, 3.8) is 0 Å². The van der Waals surface area contributed by atoms with E-state index in [1.165, 1.54) is 0 Å². The van der Waals surface area contributed by atoms with E-state index in [0.717, 1.165) is 11.1 Å². The average molecular weight is 356 g/mol. The summed E-state index contributed by atoms with van der Waals surface area (Å²) in [4.78, 5) is 22.0. The SMILES string of the molecule is CCOc1cc(CNC(=O)CCC(=O)[O-])ccc1OCc1ccccc1. The zero-order valence-corrected chi connectivity index (χ0v) is 14.7. The number of amides is 1. The Morgan fingerprint density at radius 3 is 2.42 bits per heavy atom. The first-order valence-electron chi connectivity index (χ1n) is 8.47. The van der Waals surface area contributed by atoms with Gasteiger partial charge in [-0.25, -0.2) is 0 Å². The molecule has 0 aromatic heterocycles. The summed E-state index contributed by atoms with van der Waals surface area (Å²) in [5, 5.41) is 13.0. The summed E-state index contributed by atoms with van der Waals surface area (Å²) in [7, 11) is 0. The number of carbonyl (C=O) groups is 2. The molecule has 0 fully saturated rings. The third-order valence-corrected chi connectivity index (χ3v) is 3.59. The third kappa shape index (κ3) is 6.47. The van der Waals surface area contributed by atoms with E-state index in [1.807, 2.05) is 49.4 Å². The molecule has 0 radical (unpaired) electrons. The molecule has 2 aromatic carbocycles. The van der Waals surface area contributed by atoms with Crippen molar-refractivity contribution in [3.8, 4) is 11.5 Å². The molecule has 0 aliphatic carbocycles. The highest BCUT2D eigenvalue weighted by atomic mass is 16.5. The van der Waals surface area contributed by atoms with Crippen molar-refractivity contribution < 1.29 is 24.2 Å². The summed E-state index contributed by atoms with van der Waals surface area (Å²) in [6.07, 6.45) is -0.388. The molecule has 1 N–H and O–H groups in total. The molecule has 0 aliphatic heterocycles. The van der Waals surface area contributed by atoms with E-state index in [-0.39, 0.29) is 25.3 Å². The summed E-state index contributed by atoms with van der Waals surface area (Å²) in [5.74, 6) is -0.345. The van der Waals surface area contributed by atoms with Crippen molar-refractivity contribution in [1.82, 2.24) is 5.32 Å². The number of carboxylic acids is 1. The van der Waals surface area contributed by atoms with Crippen LogP contribution in [0.1, 0.15) is 30.9 Å². The predicted molar refractivity (Wildman–Crippen MR) is 94.5 cm³/mol. The molecule has 0 saturated heterocycles. The topological polar surface area (TPSA) is 87.7 Å². The largest absolute Gasteiger partial charge is 0.550 e. The normalized spacial score (nSPS) is 10.2. The van der Waals surface area contributed by atoms with Gasteiger partial charge in [0.15, 0.2) is 11.5 Å². The highest BCUT2D eigenvalue weighted by Gasteiger charge is 2.08. The molecule has 138 valence electrons. The van der Waals surface area contributed by atoms with Crippen LogP contribution >= 0.6 is 0 Å². The minimum absolute atomic E-state index is 0.0983. The van der Waals surface area contributed by atoms with Crippen LogP contribution in [0.2, 0.25) is 0 Å². The van der Waals surface area contributed by atoms with E-state index in [9.17, 15) is 14.7 Å². The van der Waals surface area contributed by atoms with E-state index < -0.39 is 5.97 Å². The van der Waals surface area contributed by atoms with Crippen LogP contribution in [-0.2, 0) is 22.7 Å². The first kappa shape index (κ1) is 19.3. The molecule has 0 saturated carbocycles. The smallest absolute Gasteiger partial charge is 0.220 e. The maximum Gasteiger partial charge on any atom is 0.220 e. The van der Waals surface area contributed by atoms with Gasteiger partial charge in [-0.15, -0.1) is 0 Å². The second-order valence-electron chi connectivity index (χ2n) is 5.64. The lowest BCUT2D eigenvalue weighted by molar-refractivity contribution is -0.305. The molecule has 2 rings (SSSR count).